The van der Waals surface area contributed by atoms with Gasteiger partial charge in [0.05, 0.1) is 5.56 Å². The van der Waals surface area contributed by atoms with Crippen LogP contribution in [0, 0.1) is 0 Å². The molecule has 7 heteroatoms. The zero-order valence-corrected chi connectivity index (χ0v) is 8.79. The van der Waals surface area contributed by atoms with Crippen molar-refractivity contribution in [3.8, 4) is 0 Å². The van der Waals surface area contributed by atoms with Crippen molar-refractivity contribution >= 4 is 5.91 Å². The van der Waals surface area contributed by atoms with E-state index in [-0.39, 0.29) is 11.6 Å². The first-order valence-electron chi connectivity index (χ1n) is 5.17. The van der Waals surface area contributed by atoms with Gasteiger partial charge in [-0.1, -0.05) is 0 Å². The molecule has 0 unspecified atom stereocenters. The lowest BCUT2D eigenvalue weighted by atomic mass is 9.93. The van der Waals surface area contributed by atoms with Crippen LogP contribution in [0.15, 0.2) is 12.4 Å². The van der Waals surface area contributed by atoms with E-state index in [1.807, 2.05) is 0 Å². The molecule has 2 rings (SSSR count). The Hall–Kier alpha value is -1.66. The predicted octanol–water partition coefficient (Wildman–Crippen LogP) is 1.78. The number of carbonyl (C=O) groups excluding carboxylic acids is 1. The van der Waals surface area contributed by atoms with Crippen LogP contribution in [0.5, 0.6) is 0 Å². The summed E-state index contributed by atoms with van der Waals surface area (Å²) in [6.07, 6.45) is 0.0888. The van der Waals surface area contributed by atoms with Crippen LogP contribution >= 0.6 is 0 Å². The van der Waals surface area contributed by atoms with Crippen molar-refractivity contribution in [3.05, 3.63) is 23.8 Å². The van der Waals surface area contributed by atoms with Gasteiger partial charge in [0.2, 0.25) is 5.82 Å². The Balaban J connectivity index is 2.04. The first-order chi connectivity index (χ1) is 7.97. The van der Waals surface area contributed by atoms with Gasteiger partial charge in [0, 0.05) is 18.4 Å². The lowest BCUT2D eigenvalue weighted by Gasteiger charge is -2.26. The average molecular weight is 245 g/mol. The molecule has 1 aliphatic carbocycles. The molecule has 0 spiro atoms. The molecule has 1 aromatic rings. The maximum atomic E-state index is 12.2. The van der Waals surface area contributed by atoms with Crippen LogP contribution < -0.4 is 5.32 Å². The fourth-order valence-electron chi connectivity index (χ4n) is 1.41. The molecule has 1 aromatic heterocycles. The molecule has 0 radical (unpaired) electrons. The number of alkyl halides is 3. The Morgan fingerprint density at radius 2 is 1.88 bits per heavy atom. The van der Waals surface area contributed by atoms with Gasteiger partial charge in [-0.3, -0.25) is 4.79 Å². The molecule has 17 heavy (non-hydrogen) atoms. The normalized spacial score (nSPS) is 16.4. The molecule has 1 N–H and O–H groups in total. The van der Waals surface area contributed by atoms with E-state index in [1.54, 1.807) is 0 Å². The number of nitrogens with one attached hydrogen (secondary N) is 1. The van der Waals surface area contributed by atoms with Crippen molar-refractivity contribution in [3.63, 3.8) is 0 Å². The Kier molecular flexibility index (Phi) is 2.99. The van der Waals surface area contributed by atoms with Crippen molar-refractivity contribution in [2.45, 2.75) is 31.5 Å². The number of carbonyl (C=O) groups is 1. The summed E-state index contributed by atoms with van der Waals surface area (Å²) in [5.74, 6) is -1.67. The van der Waals surface area contributed by atoms with Gasteiger partial charge >= 0.3 is 6.18 Å². The van der Waals surface area contributed by atoms with E-state index in [4.69, 9.17) is 0 Å². The summed E-state index contributed by atoms with van der Waals surface area (Å²) in [5, 5.41) is 2.69. The first-order valence-corrected chi connectivity index (χ1v) is 5.17. The topological polar surface area (TPSA) is 54.9 Å². The fraction of sp³-hybridized carbons (Fsp3) is 0.500. The van der Waals surface area contributed by atoms with Gasteiger partial charge in [0.15, 0.2) is 0 Å². The minimum absolute atomic E-state index is 0.0462. The molecule has 1 fully saturated rings. The Morgan fingerprint density at radius 3 is 2.29 bits per heavy atom. The molecule has 1 aliphatic rings. The van der Waals surface area contributed by atoms with Gasteiger partial charge in [0.25, 0.3) is 5.91 Å². The van der Waals surface area contributed by atoms with Gasteiger partial charge in [-0.05, 0) is 19.3 Å². The van der Waals surface area contributed by atoms with Crippen LogP contribution in [0.2, 0.25) is 0 Å². The third-order valence-electron chi connectivity index (χ3n) is 2.61. The van der Waals surface area contributed by atoms with Crippen LogP contribution in [0.1, 0.15) is 35.4 Å². The lowest BCUT2D eigenvalue weighted by Crippen LogP contribution is -2.39. The third kappa shape index (κ3) is 2.72. The van der Waals surface area contributed by atoms with E-state index in [0.29, 0.717) is 0 Å². The summed E-state index contributed by atoms with van der Waals surface area (Å²) in [6.45, 7) is 0. The molecule has 0 atom stereocenters. The van der Waals surface area contributed by atoms with E-state index in [9.17, 15) is 18.0 Å². The molecule has 1 heterocycles. The zero-order valence-electron chi connectivity index (χ0n) is 8.79. The minimum atomic E-state index is -4.58. The van der Waals surface area contributed by atoms with Crippen molar-refractivity contribution in [1.82, 2.24) is 15.3 Å². The van der Waals surface area contributed by atoms with E-state index < -0.39 is 17.9 Å². The van der Waals surface area contributed by atoms with Crippen LogP contribution in [0.3, 0.4) is 0 Å². The molecule has 0 aromatic carbocycles. The summed E-state index contributed by atoms with van der Waals surface area (Å²) in [6, 6.07) is 0.129. The number of hydrogen-bond acceptors (Lipinski definition) is 3. The highest BCUT2D eigenvalue weighted by Gasteiger charge is 2.34. The van der Waals surface area contributed by atoms with Crippen molar-refractivity contribution in [1.29, 1.82) is 0 Å². The lowest BCUT2D eigenvalue weighted by molar-refractivity contribution is -0.145. The number of nitrogens with zero attached hydrogens (tertiary/aromatic N) is 2. The van der Waals surface area contributed by atoms with Crippen molar-refractivity contribution in [2.24, 2.45) is 0 Å². The smallest absolute Gasteiger partial charge is 0.349 e. The molecule has 0 saturated heterocycles. The molecular weight excluding hydrogens is 235 g/mol. The van der Waals surface area contributed by atoms with Gasteiger partial charge in [0.1, 0.15) is 0 Å². The second-order valence-electron chi connectivity index (χ2n) is 3.89. The Labute approximate surface area is 95.3 Å². The standard InChI is InChI=1S/C10H10F3N3O/c11-10(12,13)9-14-4-6(5-15-9)8(17)16-7-2-1-3-7/h4-5,7H,1-3H2,(H,16,17). The van der Waals surface area contributed by atoms with Gasteiger partial charge < -0.3 is 5.32 Å². The number of amides is 1. The number of aromatic nitrogens is 2. The van der Waals surface area contributed by atoms with E-state index in [2.05, 4.69) is 15.3 Å². The molecule has 1 amide bonds. The van der Waals surface area contributed by atoms with Gasteiger partial charge in [-0.2, -0.15) is 13.2 Å². The zero-order chi connectivity index (χ0) is 12.5. The predicted molar refractivity (Wildman–Crippen MR) is 52.1 cm³/mol. The number of rotatable bonds is 2. The summed E-state index contributed by atoms with van der Waals surface area (Å²) in [7, 11) is 0. The Morgan fingerprint density at radius 1 is 1.29 bits per heavy atom. The van der Waals surface area contributed by atoms with Crippen LogP contribution in [-0.2, 0) is 6.18 Å². The second-order valence-corrected chi connectivity index (χ2v) is 3.89. The highest BCUT2D eigenvalue weighted by molar-refractivity contribution is 5.93. The maximum Gasteiger partial charge on any atom is 0.451 e. The summed E-state index contributed by atoms with van der Waals surface area (Å²) >= 11 is 0. The fourth-order valence-corrected chi connectivity index (χ4v) is 1.41. The van der Waals surface area contributed by atoms with E-state index in [1.165, 1.54) is 0 Å². The third-order valence-corrected chi connectivity index (χ3v) is 2.61. The SMILES string of the molecule is O=C(NC1CCC1)c1cnc(C(F)(F)F)nc1. The number of halogens is 3. The maximum absolute atomic E-state index is 12.2. The highest BCUT2D eigenvalue weighted by atomic mass is 19.4. The first kappa shape index (κ1) is 11.8. The summed E-state index contributed by atoms with van der Waals surface area (Å²) < 4.78 is 36.5. The monoisotopic (exact) mass is 245 g/mol. The van der Waals surface area contributed by atoms with Gasteiger partial charge in [-0.25, -0.2) is 9.97 Å². The van der Waals surface area contributed by atoms with Crippen LogP contribution in [0.25, 0.3) is 0 Å². The van der Waals surface area contributed by atoms with E-state index in [0.717, 1.165) is 31.7 Å². The van der Waals surface area contributed by atoms with E-state index >= 15 is 0 Å². The molecule has 1 saturated carbocycles. The molecule has 0 aliphatic heterocycles. The highest BCUT2D eigenvalue weighted by Crippen LogP contribution is 2.25. The average Bonchev–Trinajstić information content (AvgIpc) is 2.22. The minimum Gasteiger partial charge on any atom is -0.349 e. The largest absolute Gasteiger partial charge is 0.451 e. The molecule has 4 nitrogen and oxygen atoms in total. The van der Waals surface area contributed by atoms with Crippen molar-refractivity contribution in [2.75, 3.05) is 0 Å². The number of hydrogen-bond donors (Lipinski definition) is 1. The molecule has 92 valence electrons. The van der Waals surface area contributed by atoms with Crippen molar-refractivity contribution < 1.29 is 18.0 Å². The molecular formula is C10H10F3N3O. The Bertz CT molecular complexity index is 412. The van der Waals surface area contributed by atoms with Gasteiger partial charge in [-0.15, -0.1) is 0 Å². The molecule has 0 bridgehead atoms. The van der Waals surface area contributed by atoms with Crippen LogP contribution in [0.4, 0.5) is 13.2 Å². The summed E-state index contributed by atoms with van der Waals surface area (Å²) in [4.78, 5) is 17.8. The summed E-state index contributed by atoms with van der Waals surface area (Å²) in [5.41, 5.74) is 0.0462. The van der Waals surface area contributed by atoms with Crippen LogP contribution in [-0.4, -0.2) is 21.9 Å². The quantitative estimate of drug-likeness (QED) is 0.864. The second kappa shape index (κ2) is 4.31.